The van der Waals surface area contributed by atoms with Crippen LogP contribution in [0.4, 0.5) is 0 Å². The molecule has 0 bridgehead atoms. The molecule has 2 heteroatoms. The predicted octanol–water partition coefficient (Wildman–Crippen LogP) is 2.65. The zero-order valence-corrected chi connectivity index (χ0v) is 9.57. The van der Waals surface area contributed by atoms with Crippen molar-refractivity contribution in [3.8, 4) is 0 Å². The summed E-state index contributed by atoms with van der Waals surface area (Å²) in [7, 11) is 0. The molecule has 1 unspecified atom stereocenters. The van der Waals surface area contributed by atoms with E-state index in [9.17, 15) is 5.11 Å². The Hall–Kier alpha value is -0.340. The summed E-state index contributed by atoms with van der Waals surface area (Å²) in [5.74, 6) is 0.493. The van der Waals surface area contributed by atoms with Gasteiger partial charge in [0, 0.05) is 6.61 Å². The van der Waals surface area contributed by atoms with E-state index in [-0.39, 0.29) is 12.7 Å². The molecule has 0 saturated heterocycles. The third-order valence-electron chi connectivity index (χ3n) is 3.24. The molecule has 1 saturated carbocycles. The van der Waals surface area contributed by atoms with Crippen LogP contribution >= 0.6 is 0 Å². The number of rotatable bonds is 6. The molecule has 1 aliphatic carbocycles. The Morgan fingerprint density at radius 2 is 1.87 bits per heavy atom. The van der Waals surface area contributed by atoms with Crippen molar-refractivity contribution in [2.24, 2.45) is 5.92 Å². The normalized spacial score (nSPS) is 20.9. The largest absolute Gasteiger partial charge is 0.396 e. The number of hydrogen-bond donors (Lipinski definition) is 2. The molecule has 0 radical (unpaired) electrons. The molecule has 1 aliphatic rings. The minimum absolute atomic E-state index is 0.237. The second kappa shape index (κ2) is 7.89. The van der Waals surface area contributed by atoms with Crippen LogP contribution in [0.15, 0.2) is 12.2 Å². The van der Waals surface area contributed by atoms with Crippen molar-refractivity contribution in [2.45, 2.75) is 57.5 Å². The molecule has 0 heterocycles. The van der Waals surface area contributed by atoms with Crippen LogP contribution in [0.3, 0.4) is 0 Å². The summed E-state index contributed by atoms with van der Waals surface area (Å²) in [5, 5.41) is 18.5. The monoisotopic (exact) mass is 212 g/mol. The van der Waals surface area contributed by atoms with Gasteiger partial charge in [0.1, 0.15) is 0 Å². The summed E-state index contributed by atoms with van der Waals surface area (Å²) in [4.78, 5) is 0. The molecule has 1 atom stereocenters. The van der Waals surface area contributed by atoms with Gasteiger partial charge in [0.15, 0.2) is 0 Å². The Labute approximate surface area is 93.0 Å². The number of unbranched alkanes of at least 4 members (excludes halogenated alkanes) is 2. The molecule has 88 valence electrons. The molecule has 0 aromatic carbocycles. The maximum absolute atomic E-state index is 9.89. The Balaban J connectivity index is 2.12. The standard InChI is InChI=1S/C13H24O2/c14-11-7-2-1-6-10-13(15)12-8-4-3-5-9-12/h6,10,12-15H,1-5,7-9,11H2. The van der Waals surface area contributed by atoms with Crippen LogP contribution in [-0.2, 0) is 0 Å². The summed E-state index contributed by atoms with van der Waals surface area (Å²) in [5.41, 5.74) is 0. The lowest BCUT2D eigenvalue weighted by Gasteiger charge is -2.24. The highest BCUT2D eigenvalue weighted by Gasteiger charge is 2.18. The molecule has 0 amide bonds. The van der Waals surface area contributed by atoms with Crippen LogP contribution in [0.2, 0.25) is 0 Å². The van der Waals surface area contributed by atoms with E-state index in [4.69, 9.17) is 5.11 Å². The van der Waals surface area contributed by atoms with E-state index in [1.165, 1.54) is 32.1 Å². The molecule has 1 rings (SSSR count). The first-order chi connectivity index (χ1) is 7.34. The van der Waals surface area contributed by atoms with Crippen LogP contribution in [0.1, 0.15) is 51.4 Å². The fourth-order valence-electron chi connectivity index (χ4n) is 2.24. The number of aliphatic hydroxyl groups is 2. The Bertz CT molecular complexity index is 171. The topological polar surface area (TPSA) is 40.5 Å². The first-order valence-electron chi connectivity index (χ1n) is 6.30. The molecule has 2 nitrogen and oxygen atoms in total. The summed E-state index contributed by atoms with van der Waals surface area (Å²) >= 11 is 0. The van der Waals surface area contributed by atoms with Gasteiger partial charge in [-0.2, -0.15) is 0 Å². The second-order valence-electron chi connectivity index (χ2n) is 4.54. The lowest BCUT2D eigenvalue weighted by Crippen LogP contribution is -2.20. The number of hydrogen-bond acceptors (Lipinski definition) is 2. The van der Waals surface area contributed by atoms with Crippen LogP contribution < -0.4 is 0 Å². The molecule has 0 aromatic heterocycles. The fourth-order valence-corrected chi connectivity index (χ4v) is 2.24. The van der Waals surface area contributed by atoms with Crippen molar-refractivity contribution in [3.05, 3.63) is 12.2 Å². The minimum Gasteiger partial charge on any atom is -0.396 e. The summed E-state index contributed by atoms with van der Waals surface area (Å²) in [6.07, 6.45) is 12.9. The van der Waals surface area contributed by atoms with Gasteiger partial charge >= 0.3 is 0 Å². The van der Waals surface area contributed by atoms with Crippen molar-refractivity contribution < 1.29 is 10.2 Å². The fraction of sp³-hybridized carbons (Fsp3) is 0.846. The highest BCUT2D eigenvalue weighted by atomic mass is 16.3. The summed E-state index contributed by atoms with van der Waals surface area (Å²) < 4.78 is 0. The van der Waals surface area contributed by atoms with Gasteiger partial charge in [0.2, 0.25) is 0 Å². The van der Waals surface area contributed by atoms with E-state index in [0.717, 1.165) is 19.3 Å². The zero-order valence-electron chi connectivity index (χ0n) is 9.57. The number of aliphatic hydroxyl groups excluding tert-OH is 2. The van der Waals surface area contributed by atoms with Gasteiger partial charge in [-0.15, -0.1) is 0 Å². The first kappa shape index (κ1) is 12.7. The lowest BCUT2D eigenvalue weighted by atomic mass is 9.85. The molecule has 1 fully saturated rings. The van der Waals surface area contributed by atoms with Crippen molar-refractivity contribution >= 4 is 0 Å². The average Bonchev–Trinajstić information content (AvgIpc) is 2.30. The summed E-state index contributed by atoms with van der Waals surface area (Å²) in [6.45, 7) is 0.277. The van der Waals surface area contributed by atoms with Crippen molar-refractivity contribution in [1.82, 2.24) is 0 Å². The highest BCUT2D eigenvalue weighted by Crippen LogP contribution is 2.26. The quantitative estimate of drug-likeness (QED) is 0.525. The van der Waals surface area contributed by atoms with Crippen LogP contribution in [-0.4, -0.2) is 22.9 Å². The molecule has 0 spiro atoms. The van der Waals surface area contributed by atoms with Gasteiger partial charge in [-0.05, 0) is 38.0 Å². The zero-order chi connectivity index (χ0) is 10.9. The van der Waals surface area contributed by atoms with Gasteiger partial charge in [-0.1, -0.05) is 31.4 Å². The average molecular weight is 212 g/mol. The van der Waals surface area contributed by atoms with Crippen LogP contribution in [0.5, 0.6) is 0 Å². The Kier molecular flexibility index (Phi) is 6.69. The number of allylic oxidation sites excluding steroid dienone is 1. The van der Waals surface area contributed by atoms with Gasteiger partial charge in [-0.25, -0.2) is 0 Å². The van der Waals surface area contributed by atoms with E-state index >= 15 is 0 Å². The smallest absolute Gasteiger partial charge is 0.0749 e. The third-order valence-corrected chi connectivity index (χ3v) is 3.24. The Morgan fingerprint density at radius 3 is 2.53 bits per heavy atom. The minimum atomic E-state index is -0.237. The van der Waals surface area contributed by atoms with Crippen LogP contribution in [0.25, 0.3) is 0 Å². The molecule has 15 heavy (non-hydrogen) atoms. The van der Waals surface area contributed by atoms with Gasteiger partial charge in [-0.3, -0.25) is 0 Å². The highest BCUT2D eigenvalue weighted by molar-refractivity contribution is 4.92. The lowest BCUT2D eigenvalue weighted by molar-refractivity contribution is 0.125. The molecular formula is C13H24O2. The maximum atomic E-state index is 9.89. The molecule has 2 N–H and O–H groups in total. The first-order valence-corrected chi connectivity index (χ1v) is 6.30. The van der Waals surface area contributed by atoms with Crippen molar-refractivity contribution in [2.75, 3.05) is 6.61 Å². The van der Waals surface area contributed by atoms with E-state index in [0.29, 0.717) is 5.92 Å². The van der Waals surface area contributed by atoms with E-state index < -0.39 is 0 Å². The van der Waals surface area contributed by atoms with E-state index in [1.807, 2.05) is 6.08 Å². The third kappa shape index (κ3) is 5.33. The van der Waals surface area contributed by atoms with Gasteiger partial charge in [0.05, 0.1) is 6.10 Å². The van der Waals surface area contributed by atoms with E-state index in [2.05, 4.69) is 6.08 Å². The van der Waals surface area contributed by atoms with E-state index in [1.54, 1.807) is 0 Å². The molecular weight excluding hydrogens is 188 g/mol. The van der Waals surface area contributed by atoms with Gasteiger partial charge in [0.25, 0.3) is 0 Å². The predicted molar refractivity (Wildman–Crippen MR) is 62.7 cm³/mol. The molecule has 0 aliphatic heterocycles. The Morgan fingerprint density at radius 1 is 1.13 bits per heavy atom. The summed E-state index contributed by atoms with van der Waals surface area (Å²) in [6, 6.07) is 0. The van der Waals surface area contributed by atoms with Crippen molar-refractivity contribution in [1.29, 1.82) is 0 Å². The SMILES string of the molecule is OCCCCC=CC(O)C1CCCCC1. The van der Waals surface area contributed by atoms with Crippen molar-refractivity contribution in [3.63, 3.8) is 0 Å². The second-order valence-corrected chi connectivity index (χ2v) is 4.54. The van der Waals surface area contributed by atoms with Gasteiger partial charge < -0.3 is 10.2 Å². The maximum Gasteiger partial charge on any atom is 0.0749 e. The molecule has 0 aromatic rings. The van der Waals surface area contributed by atoms with Crippen LogP contribution in [0, 0.1) is 5.92 Å².